The number of nitrogens with zero attached hydrogens (tertiary/aromatic N) is 4. The van der Waals surface area contributed by atoms with Crippen LogP contribution < -0.4 is 16.4 Å². The van der Waals surface area contributed by atoms with Gasteiger partial charge in [0.25, 0.3) is 0 Å². The van der Waals surface area contributed by atoms with Crippen LogP contribution in [0.1, 0.15) is 37.7 Å². The van der Waals surface area contributed by atoms with Gasteiger partial charge in [-0.05, 0) is 37.8 Å². The lowest BCUT2D eigenvalue weighted by Gasteiger charge is -2.45. The molecular weight excluding hydrogens is 335 g/mol. The Morgan fingerprint density at radius 2 is 1.87 bits per heavy atom. The molecule has 0 bridgehead atoms. The Balaban J connectivity index is 2.19. The second kappa shape index (κ2) is 5.91. The maximum atomic E-state index is 9.52. The van der Waals surface area contributed by atoms with Crippen LogP contribution in [0.25, 0.3) is 0 Å². The smallest absolute Gasteiger partial charge is 0.220 e. The van der Waals surface area contributed by atoms with E-state index in [0.29, 0.717) is 10.7 Å². The van der Waals surface area contributed by atoms with Crippen molar-refractivity contribution < 1.29 is 0 Å². The standard InChI is InChI=1S/C15H16Cl2N6/c16-10-4-5-11(9(8-18)12(10)17)23-14(20)21-13(19)22-15(23)6-2-1-3-7-15/h4-5H,1-3,6-7H2,(H4,19,20,21,22). The monoisotopic (exact) mass is 350 g/mol. The van der Waals surface area contributed by atoms with Crippen LogP contribution in [0, 0.1) is 11.3 Å². The van der Waals surface area contributed by atoms with Crippen LogP contribution in [-0.2, 0) is 0 Å². The first kappa shape index (κ1) is 15.9. The second-order valence-corrected chi connectivity index (χ2v) is 6.47. The first-order valence-electron chi connectivity index (χ1n) is 7.36. The molecule has 1 spiro atoms. The van der Waals surface area contributed by atoms with E-state index in [2.05, 4.69) is 16.1 Å². The number of rotatable bonds is 1. The van der Waals surface area contributed by atoms with Crippen molar-refractivity contribution in [2.45, 2.75) is 37.8 Å². The summed E-state index contributed by atoms with van der Waals surface area (Å²) in [5.41, 5.74) is 12.2. The summed E-state index contributed by atoms with van der Waals surface area (Å²) in [6, 6.07) is 5.48. The summed E-state index contributed by atoms with van der Waals surface area (Å²) in [4.78, 5) is 10.4. The summed E-state index contributed by atoms with van der Waals surface area (Å²) >= 11 is 12.2. The number of guanidine groups is 2. The van der Waals surface area contributed by atoms with Crippen LogP contribution in [0.3, 0.4) is 0 Å². The Hall–Kier alpha value is -1.97. The molecule has 23 heavy (non-hydrogen) atoms. The molecular formula is C15H16Cl2N6. The summed E-state index contributed by atoms with van der Waals surface area (Å²) in [7, 11) is 0. The quantitative estimate of drug-likeness (QED) is 0.812. The molecule has 1 aromatic rings. The number of halogens is 2. The minimum absolute atomic E-state index is 0.166. The van der Waals surface area contributed by atoms with Crippen LogP contribution >= 0.6 is 23.2 Å². The van der Waals surface area contributed by atoms with Crippen molar-refractivity contribution in [3.63, 3.8) is 0 Å². The highest BCUT2D eigenvalue weighted by Crippen LogP contribution is 2.42. The summed E-state index contributed by atoms with van der Waals surface area (Å²) in [5, 5.41) is 10.0. The zero-order valence-corrected chi connectivity index (χ0v) is 13.9. The SMILES string of the molecule is N#Cc1c(N2C(N)=NC(N)=NC23CCCCC3)ccc(Cl)c1Cl. The average molecular weight is 351 g/mol. The van der Waals surface area contributed by atoms with E-state index in [9.17, 15) is 5.26 Å². The first-order valence-corrected chi connectivity index (χ1v) is 8.12. The molecule has 1 aliphatic heterocycles. The van der Waals surface area contributed by atoms with Gasteiger partial charge in [-0.25, -0.2) is 4.99 Å². The number of anilines is 1. The maximum Gasteiger partial charge on any atom is 0.220 e. The van der Waals surface area contributed by atoms with Gasteiger partial charge in [-0.3, -0.25) is 4.90 Å². The van der Waals surface area contributed by atoms with E-state index in [0.717, 1.165) is 32.1 Å². The van der Waals surface area contributed by atoms with Gasteiger partial charge in [0.1, 0.15) is 11.7 Å². The van der Waals surface area contributed by atoms with Crippen molar-refractivity contribution in [2.24, 2.45) is 21.5 Å². The topological polar surface area (TPSA) is 104 Å². The predicted octanol–water partition coefficient (Wildman–Crippen LogP) is 2.97. The molecule has 1 heterocycles. The summed E-state index contributed by atoms with van der Waals surface area (Å²) in [6.07, 6.45) is 4.71. The highest BCUT2D eigenvalue weighted by molar-refractivity contribution is 6.43. The van der Waals surface area contributed by atoms with Crippen LogP contribution in [0.4, 0.5) is 5.69 Å². The number of aliphatic imine (C=N–C) groups is 2. The number of hydrogen-bond donors (Lipinski definition) is 2. The number of nitriles is 1. The fourth-order valence-electron chi connectivity index (χ4n) is 3.30. The zero-order chi connectivity index (χ0) is 16.6. The van der Waals surface area contributed by atoms with Gasteiger partial charge in [0.05, 0.1) is 21.3 Å². The Bertz CT molecular complexity index is 743. The molecule has 0 radical (unpaired) electrons. The van der Waals surface area contributed by atoms with E-state index in [1.54, 1.807) is 17.0 Å². The molecule has 3 rings (SSSR count). The van der Waals surface area contributed by atoms with Crippen LogP contribution in [0.5, 0.6) is 0 Å². The highest BCUT2D eigenvalue weighted by Gasteiger charge is 2.43. The predicted molar refractivity (Wildman–Crippen MR) is 92.7 cm³/mol. The first-order chi connectivity index (χ1) is 11.0. The van der Waals surface area contributed by atoms with E-state index in [-0.39, 0.29) is 22.5 Å². The minimum Gasteiger partial charge on any atom is -0.369 e. The molecule has 1 fully saturated rings. The van der Waals surface area contributed by atoms with Crippen molar-refractivity contribution in [1.82, 2.24) is 0 Å². The Kier molecular flexibility index (Phi) is 4.09. The fourth-order valence-corrected chi connectivity index (χ4v) is 3.66. The second-order valence-electron chi connectivity index (χ2n) is 5.69. The van der Waals surface area contributed by atoms with E-state index >= 15 is 0 Å². The van der Waals surface area contributed by atoms with Crippen molar-refractivity contribution in [3.05, 3.63) is 27.7 Å². The Labute approximate surface area is 144 Å². The molecule has 0 atom stereocenters. The Morgan fingerprint density at radius 3 is 2.52 bits per heavy atom. The average Bonchev–Trinajstić information content (AvgIpc) is 2.51. The van der Waals surface area contributed by atoms with Crippen molar-refractivity contribution in [2.75, 3.05) is 4.90 Å². The van der Waals surface area contributed by atoms with Gasteiger partial charge < -0.3 is 11.5 Å². The van der Waals surface area contributed by atoms with E-state index < -0.39 is 5.66 Å². The molecule has 1 saturated carbocycles. The third-order valence-corrected chi connectivity index (χ3v) is 5.08. The van der Waals surface area contributed by atoms with Gasteiger partial charge in [0, 0.05) is 0 Å². The molecule has 120 valence electrons. The largest absolute Gasteiger partial charge is 0.369 e. The third kappa shape index (κ3) is 2.60. The molecule has 0 amide bonds. The molecule has 2 aliphatic rings. The van der Waals surface area contributed by atoms with E-state index in [4.69, 9.17) is 34.7 Å². The van der Waals surface area contributed by atoms with Gasteiger partial charge in [0.2, 0.25) is 11.9 Å². The van der Waals surface area contributed by atoms with Crippen molar-refractivity contribution in [1.29, 1.82) is 5.26 Å². The lowest BCUT2D eigenvalue weighted by atomic mass is 9.87. The maximum absolute atomic E-state index is 9.52. The van der Waals surface area contributed by atoms with Gasteiger partial charge in [0.15, 0.2) is 0 Å². The highest BCUT2D eigenvalue weighted by atomic mass is 35.5. The third-order valence-electron chi connectivity index (χ3n) is 4.28. The van der Waals surface area contributed by atoms with Gasteiger partial charge in [-0.15, -0.1) is 0 Å². The van der Waals surface area contributed by atoms with Crippen LogP contribution in [-0.4, -0.2) is 17.6 Å². The molecule has 8 heteroatoms. The fraction of sp³-hybridized carbons (Fsp3) is 0.400. The molecule has 1 aliphatic carbocycles. The molecule has 0 saturated heterocycles. The number of benzene rings is 1. The van der Waals surface area contributed by atoms with E-state index in [1.165, 1.54) is 0 Å². The molecule has 0 unspecified atom stereocenters. The summed E-state index contributed by atoms with van der Waals surface area (Å²) in [5.74, 6) is 0.383. The number of nitrogens with two attached hydrogens (primary N) is 2. The molecule has 4 N–H and O–H groups in total. The molecule has 1 aromatic carbocycles. The normalized spacial score (nSPS) is 20.0. The lowest BCUT2D eigenvalue weighted by Crippen LogP contribution is -2.58. The zero-order valence-electron chi connectivity index (χ0n) is 12.4. The van der Waals surface area contributed by atoms with Gasteiger partial charge >= 0.3 is 0 Å². The number of hydrogen-bond acceptors (Lipinski definition) is 6. The molecule has 6 nitrogen and oxygen atoms in total. The lowest BCUT2D eigenvalue weighted by molar-refractivity contribution is 0.305. The van der Waals surface area contributed by atoms with Crippen LogP contribution in [0.2, 0.25) is 10.0 Å². The summed E-state index contributed by atoms with van der Waals surface area (Å²) in [6.45, 7) is 0. The van der Waals surface area contributed by atoms with E-state index in [1.807, 2.05) is 0 Å². The van der Waals surface area contributed by atoms with Gasteiger partial charge in [-0.1, -0.05) is 29.6 Å². The van der Waals surface area contributed by atoms with Crippen molar-refractivity contribution >= 4 is 40.8 Å². The Morgan fingerprint density at radius 1 is 1.17 bits per heavy atom. The van der Waals surface area contributed by atoms with Gasteiger partial charge in [-0.2, -0.15) is 10.3 Å². The minimum atomic E-state index is -0.614. The van der Waals surface area contributed by atoms with Crippen LogP contribution in [0.15, 0.2) is 22.1 Å². The van der Waals surface area contributed by atoms with Crippen molar-refractivity contribution in [3.8, 4) is 6.07 Å². The summed E-state index contributed by atoms with van der Waals surface area (Å²) < 4.78 is 0. The molecule has 0 aromatic heterocycles.